The molecule has 1 atom stereocenters. The molecule has 1 aromatic rings. The normalized spacial score (nSPS) is 19.0. The lowest BCUT2D eigenvalue weighted by atomic mass is 10.2. The Bertz CT molecular complexity index is 691. The standard InChI is InChI=1S/C16H23N3O4S/c1-3-19(15-6-9-24(22,23)12-15)16(21)11-18(13(2)20)10-14-4-7-17-8-5-14/h4-5,7-8,15H,3,6,9-12H2,1-2H3. The van der Waals surface area contributed by atoms with Crippen LogP contribution in [-0.4, -0.2) is 65.7 Å². The van der Waals surface area contributed by atoms with Gasteiger partial charge in [-0.1, -0.05) is 0 Å². The first kappa shape index (κ1) is 18.4. The van der Waals surface area contributed by atoms with Crippen LogP contribution in [0.3, 0.4) is 0 Å². The van der Waals surface area contributed by atoms with Crippen molar-refractivity contribution in [3.63, 3.8) is 0 Å². The molecule has 0 bridgehead atoms. The summed E-state index contributed by atoms with van der Waals surface area (Å²) < 4.78 is 23.3. The molecular formula is C16H23N3O4S. The number of carbonyl (C=O) groups excluding carboxylic acids is 2. The van der Waals surface area contributed by atoms with Crippen LogP contribution in [0.1, 0.15) is 25.8 Å². The topological polar surface area (TPSA) is 87.7 Å². The van der Waals surface area contributed by atoms with Gasteiger partial charge in [-0.3, -0.25) is 14.6 Å². The lowest BCUT2D eigenvalue weighted by Crippen LogP contribution is -2.47. The van der Waals surface area contributed by atoms with Crippen molar-refractivity contribution in [2.24, 2.45) is 0 Å². The molecule has 0 radical (unpaired) electrons. The first-order valence-electron chi connectivity index (χ1n) is 7.96. The first-order chi connectivity index (χ1) is 11.3. The van der Waals surface area contributed by atoms with Crippen molar-refractivity contribution in [3.8, 4) is 0 Å². The molecule has 2 rings (SSSR count). The van der Waals surface area contributed by atoms with Crippen LogP contribution in [0.5, 0.6) is 0 Å². The third-order valence-corrected chi connectivity index (χ3v) is 5.95. The van der Waals surface area contributed by atoms with Crippen molar-refractivity contribution in [2.45, 2.75) is 32.9 Å². The second kappa shape index (κ2) is 7.74. The Morgan fingerprint density at radius 2 is 1.96 bits per heavy atom. The minimum Gasteiger partial charge on any atom is -0.337 e. The number of carbonyl (C=O) groups is 2. The van der Waals surface area contributed by atoms with E-state index in [4.69, 9.17) is 0 Å². The van der Waals surface area contributed by atoms with E-state index in [0.717, 1.165) is 5.56 Å². The summed E-state index contributed by atoms with van der Waals surface area (Å²) in [5.41, 5.74) is 0.888. The summed E-state index contributed by atoms with van der Waals surface area (Å²) in [4.78, 5) is 31.4. The molecule has 7 nitrogen and oxygen atoms in total. The highest BCUT2D eigenvalue weighted by atomic mass is 32.2. The van der Waals surface area contributed by atoms with Crippen molar-refractivity contribution in [3.05, 3.63) is 30.1 Å². The molecule has 2 heterocycles. The Morgan fingerprint density at radius 1 is 1.29 bits per heavy atom. The minimum absolute atomic E-state index is 0.0109. The summed E-state index contributed by atoms with van der Waals surface area (Å²) in [6.07, 6.45) is 3.74. The van der Waals surface area contributed by atoms with Crippen molar-refractivity contribution in [2.75, 3.05) is 24.6 Å². The number of nitrogens with zero attached hydrogens (tertiary/aromatic N) is 3. The molecule has 132 valence electrons. The van der Waals surface area contributed by atoms with Gasteiger partial charge in [0.15, 0.2) is 9.84 Å². The Labute approximate surface area is 142 Å². The average molecular weight is 353 g/mol. The maximum Gasteiger partial charge on any atom is 0.242 e. The van der Waals surface area contributed by atoms with Crippen LogP contribution in [0, 0.1) is 0 Å². The second-order valence-corrected chi connectivity index (χ2v) is 8.20. The molecule has 1 aliphatic rings. The molecule has 8 heteroatoms. The molecule has 1 unspecified atom stereocenters. The number of likely N-dealkylation sites (N-methyl/N-ethyl adjacent to an activating group) is 1. The fourth-order valence-corrected chi connectivity index (χ4v) is 4.63. The van der Waals surface area contributed by atoms with E-state index >= 15 is 0 Å². The van der Waals surface area contributed by atoms with Gasteiger partial charge >= 0.3 is 0 Å². The summed E-state index contributed by atoms with van der Waals surface area (Å²) in [6, 6.07) is 3.30. The van der Waals surface area contributed by atoms with Crippen LogP contribution in [-0.2, 0) is 26.0 Å². The lowest BCUT2D eigenvalue weighted by Gasteiger charge is -2.30. The molecule has 1 aromatic heterocycles. The number of hydrogen-bond acceptors (Lipinski definition) is 5. The zero-order chi connectivity index (χ0) is 17.7. The van der Waals surface area contributed by atoms with Gasteiger partial charge in [-0.15, -0.1) is 0 Å². The summed E-state index contributed by atoms with van der Waals surface area (Å²) in [5.74, 6) is -0.287. The van der Waals surface area contributed by atoms with E-state index in [1.54, 1.807) is 29.4 Å². The summed E-state index contributed by atoms with van der Waals surface area (Å²) in [7, 11) is -3.06. The molecule has 0 N–H and O–H groups in total. The van der Waals surface area contributed by atoms with E-state index in [2.05, 4.69) is 4.98 Å². The molecule has 24 heavy (non-hydrogen) atoms. The van der Waals surface area contributed by atoms with Crippen LogP contribution >= 0.6 is 0 Å². The van der Waals surface area contributed by atoms with E-state index in [1.165, 1.54) is 11.8 Å². The van der Waals surface area contributed by atoms with Gasteiger partial charge in [0.1, 0.15) is 6.54 Å². The SMILES string of the molecule is CCN(C(=O)CN(Cc1ccncc1)C(C)=O)C1CCS(=O)(=O)C1. The van der Waals surface area contributed by atoms with Crippen molar-refractivity contribution in [1.29, 1.82) is 0 Å². The van der Waals surface area contributed by atoms with Gasteiger partial charge in [0.2, 0.25) is 11.8 Å². The van der Waals surface area contributed by atoms with Gasteiger partial charge in [-0.25, -0.2) is 8.42 Å². The maximum atomic E-state index is 12.6. The van der Waals surface area contributed by atoms with Gasteiger partial charge in [0, 0.05) is 38.4 Å². The molecule has 0 spiro atoms. The van der Waals surface area contributed by atoms with E-state index in [0.29, 0.717) is 19.5 Å². The lowest BCUT2D eigenvalue weighted by molar-refractivity contribution is -0.140. The molecule has 1 saturated heterocycles. The zero-order valence-electron chi connectivity index (χ0n) is 14.0. The van der Waals surface area contributed by atoms with Gasteiger partial charge in [0.25, 0.3) is 0 Å². The van der Waals surface area contributed by atoms with Gasteiger partial charge in [0.05, 0.1) is 11.5 Å². The van der Waals surface area contributed by atoms with Crippen molar-refractivity contribution in [1.82, 2.24) is 14.8 Å². The van der Waals surface area contributed by atoms with Crippen LogP contribution in [0.15, 0.2) is 24.5 Å². The van der Waals surface area contributed by atoms with E-state index in [1.807, 2.05) is 6.92 Å². The maximum absolute atomic E-state index is 12.6. The predicted octanol–water partition coefficient (Wildman–Crippen LogP) is 0.466. The Hall–Kier alpha value is -1.96. The summed E-state index contributed by atoms with van der Waals surface area (Å²) >= 11 is 0. The summed E-state index contributed by atoms with van der Waals surface area (Å²) in [6.45, 7) is 3.95. The molecule has 0 aromatic carbocycles. The molecule has 2 amide bonds. The smallest absolute Gasteiger partial charge is 0.242 e. The third-order valence-electron chi connectivity index (χ3n) is 4.20. The number of amides is 2. The van der Waals surface area contributed by atoms with Crippen molar-refractivity contribution < 1.29 is 18.0 Å². The zero-order valence-corrected chi connectivity index (χ0v) is 14.8. The van der Waals surface area contributed by atoms with Crippen LogP contribution in [0.25, 0.3) is 0 Å². The molecule has 1 fully saturated rings. The second-order valence-electron chi connectivity index (χ2n) is 5.97. The molecule has 1 aliphatic heterocycles. The highest BCUT2D eigenvalue weighted by molar-refractivity contribution is 7.91. The predicted molar refractivity (Wildman–Crippen MR) is 89.8 cm³/mol. The first-order valence-corrected chi connectivity index (χ1v) is 9.79. The third kappa shape index (κ3) is 4.77. The van der Waals surface area contributed by atoms with E-state index < -0.39 is 9.84 Å². The number of sulfone groups is 1. The summed E-state index contributed by atoms with van der Waals surface area (Å²) in [5, 5.41) is 0. The van der Waals surface area contributed by atoms with Crippen LogP contribution in [0.4, 0.5) is 0 Å². The van der Waals surface area contributed by atoms with E-state index in [-0.39, 0.29) is 35.9 Å². The fourth-order valence-electron chi connectivity index (χ4n) is 2.90. The average Bonchev–Trinajstić information content (AvgIpc) is 2.88. The van der Waals surface area contributed by atoms with Gasteiger partial charge < -0.3 is 9.80 Å². The number of aromatic nitrogens is 1. The molecule has 0 aliphatic carbocycles. The van der Waals surface area contributed by atoms with Crippen LogP contribution in [0.2, 0.25) is 0 Å². The quantitative estimate of drug-likeness (QED) is 0.742. The largest absolute Gasteiger partial charge is 0.337 e. The highest BCUT2D eigenvalue weighted by Crippen LogP contribution is 2.18. The minimum atomic E-state index is -3.06. The van der Waals surface area contributed by atoms with Crippen molar-refractivity contribution >= 4 is 21.7 Å². The Morgan fingerprint density at radius 3 is 2.46 bits per heavy atom. The van der Waals surface area contributed by atoms with Gasteiger partial charge in [-0.05, 0) is 31.0 Å². The monoisotopic (exact) mass is 353 g/mol. The number of hydrogen-bond donors (Lipinski definition) is 0. The number of pyridine rings is 1. The van der Waals surface area contributed by atoms with Gasteiger partial charge in [-0.2, -0.15) is 0 Å². The fraction of sp³-hybridized carbons (Fsp3) is 0.562. The van der Waals surface area contributed by atoms with Crippen LogP contribution < -0.4 is 0 Å². The Balaban J connectivity index is 2.04. The Kier molecular flexibility index (Phi) is 5.93. The van der Waals surface area contributed by atoms with E-state index in [9.17, 15) is 18.0 Å². The number of rotatable bonds is 6. The molecular weight excluding hydrogens is 330 g/mol. The highest BCUT2D eigenvalue weighted by Gasteiger charge is 2.34. The molecule has 0 saturated carbocycles.